The van der Waals surface area contributed by atoms with Crippen LogP contribution in [-0.4, -0.2) is 16.8 Å². The zero-order chi connectivity index (χ0) is 10.1. The van der Waals surface area contributed by atoms with E-state index < -0.39 is 0 Å². The van der Waals surface area contributed by atoms with Crippen LogP contribution in [0.1, 0.15) is 6.92 Å². The standard InChI is InChI=1S/C10H10O3S/c1-2-13-10-4-6-3-7(11)8(12)5-9(6)14-10/h3-5,11-12H,2H2,1H3. The zero-order valence-electron chi connectivity index (χ0n) is 7.65. The quantitative estimate of drug-likeness (QED) is 0.749. The highest BCUT2D eigenvalue weighted by Crippen LogP contribution is 2.38. The molecule has 2 N–H and O–H groups in total. The van der Waals surface area contributed by atoms with Crippen molar-refractivity contribution >= 4 is 21.4 Å². The topological polar surface area (TPSA) is 49.7 Å². The van der Waals surface area contributed by atoms with Crippen LogP contribution in [0, 0.1) is 0 Å². The van der Waals surface area contributed by atoms with Gasteiger partial charge in [0.05, 0.1) is 6.61 Å². The average Bonchev–Trinajstić information content (AvgIpc) is 2.48. The molecule has 0 saturated heterocycles. The Hall–Kier alpha value is -1.42. The highest BCUT2D eigenvalue weighted by Gasteiger charge is 2.06. The molecule has 1 heterocycles. The van der Waals surface area contributed by atoms with E-state index in [4.69, 9.17) is 4.74 Å². The predicted octanol–water partition coefficient (Wildman–Crippen LogP) is 2.71. The lowest BCUT2D eigenvalue weighted by Gasteiger charge is -1.95. The first-order valence-electron chi connectivity index (χ1n) is 4.29. The van der Waals surface area contributed by atoms with Crippen LogP contribution in [0.3, 0.4) is 0 Å². The summed E-state index contributed by atoms with van der Waals surface area (Å²) in [5.41, 5.74) is 0. The molecule has 0 fully saturated rings. The van der Waals surface area contributed by atoms with Crippen LogP contribution >= 0.6 is 11.3 Å². The lowest BCUT2D eigenvalue weighted by atomic mass is 10.2. The van der Waals surface area contributed by atoms with Gasteiger partial charge in [0.25, 0.3) is 0 Å². The predicted molar refractivity (Wildman–Crippen MR) is 56.3 cm³/mol. The molecule has 2 aromatic rings. The van der Waals surface area contributed by atoms with E-state index in [1.807, 2.05) is 13.0 Å². The van der Waals surface area contributed by atoms with E-state index in [1.165, 1.54) is 23.5 Å². The van der Waals surface area contributed by atoms with Gasteiger partial charge in [0.15, 0.2) is 16.6 Å². The molecule has 0 aliphatic carbocycles. The molecule has 0 bridgehead atoms. The van der Waals surface area contributed by atoms with Gasteiger partial charge in [-0.05, 0) is 19.1 Å². The third kappa shape index (κ3) is 1.48. The van der Waals surface area contributed by atoms with Crippen molar-refractivity contribution in [2.45, 2.75) is 6.92 Å². The molecule has 0 unspecified atom stereocenters. The van der Waals surface area contributed by atoms with Gasteiger partial charge in [-0.1, -0.05) is 11.3 Å². The van der Waals surface area contributed by atoms with E-state index in [0.717, 1.165) is 15.1 Å². The Morgan fingerprint density at radius 3 is 2.64 bits per heavy atom. The minimum Gasteiger partial charge on any atom is -0.504 e. The molecule has 3 nitrogen and oxygen atoms in total. The van der Waals surface area contributed by atoms with E-state index in [2.05, 4.69) is 0 Å². The zero-order valence-corrected chi connectivity index (χ0v) is 8.47. The second-order valence-electron chi connectivity index (χ2n) is 2.88. The fraction of sp³-hybridized carbons (Fsp3) is 0.200. The third-order valence-corrected chi connectivity index (χ3v) is 2.89. The molecule has 1 aromatic carbocycles. The van der Waals surface area contributed by atoms with Gasteiger partial charge >= 0.3 is 0 Å². The molecule has 0 aliphatic heterocycles. The minimum absolute atomic E-state index is 0.0950. The van der Waals surface area contributed by atoms with Crippen LogP contribution in [-0.2, 0) is 0 Å². The van der Waals surface area contributed by atoms with Crippen molar-refractivity contribution in [3.63, 3.8) is 0 Å². The Labute approximate surface area is 85.2 Å². The Bertz CT molecular complexity index is 423. The molecular weight excluding hydrogens is 200 g/mol. The summed E-state index contributed by atoms with van der Waals surface area (Å²) < 4.78 is 6.23. The van der Waals surface area contributed by atoms with E-state index in [-0.39, 0.29) is 11.5 Å². The van der Waals surface area contributed by atoms with Crippen LogP contribution < -0.4 is 4.74 Å². The van der Waals surface area contributed by atoms with Gasteiger partial charge in [0.1, 0.15) is 0 Å². The largest absolute Gasteiger partial charge is 0.504 e. The number of aromatic hydroxyl groups is 2. The lowest BCUT2D eigenvalue weighted by Crippen LogP contribution is -1.86. The summed E-state index contributed by atoms with van der Waals surface area (Å²) >= 11 is 1.45. The lowest BCUT2D eigenvalue weighted by molar-refractivity contribution is 0.350. The first kappa shape index (κ1) is 9.15. The number of phenols is 2. The smallest absolute Gasteiger partial charge is 0.174 e. The fourth-order valence-electron chi connectivity index (χ4n) is 1.25. The summed E-state index contributed by atoms with van der Waals surface area (Å²) in [5.74, 6) is -0.194. The van der Waals surface area contributed by atoms with Crippen LogP contribution in [0.25, 0.3) is 10.1 Å². The second-order valence-corrected chi connectivity index (χ2v) is 3.92. The van der Waals surface area contributed by atoms with Gasteiger partial charge in [0, 0.05) is 16.2 Å². The van der Waals surface area contributed by atoms with Crippen molar-refractivity contribution in [3.8, 4) is 16.6 Å². The highest BCUT2D eigenvalue weighted by molar-refractivity contribution is 7.20. The monoisotopic (exact) mass is 210 g/mol. The number of hydrogen-bond donors (Lipinski definition) is 2. The van der Waals surface area contributed by atoms with Crippen molar-refractivity contribution in [2.24, 2.45) is 0 Å². The van der Waals surface area contributed by atoms with E-state index >= 15 is 0 Å². The molecule has 0 amide bonds. The van der Waals surface area contributed by atoms with Gasteiger partial charge in [-0.15, -0.1) is 0 Å². The van der Waals surface area contributed by atoms with Crippen LogP contribution in [0.15, 0.2) is 18.2 Å². The maximum atomic E-state index is 9.27. The van der Waals surface area contributed by atoms with Crippen molar-refractivity contribution in [2.75, 3.05) is 6.61 Å². The van der Waals surface area contributed by atoms with Gasteiger partial charge in [0.2, 0.25) is 0 Å². The first-order valence-corrected chi connectivity index (χ1v) is 5.10. The van der Waals surface area contributed by atoms with Crippen LogP contribution in [0.2, 0.25) is 0 Å². The van der Waals surface area contributed by atoms with Crippen molar-refractivity contribution < 1.29 is 14.9 Å². The maximum absolute atomic E-state index is 9.27. The molecule has 4 heteroatoms. The normalized spacial score (nSPS) is 10.6. The Kier molecular flexibility index (Phi) is 2.21. The number of phenolic OH excluding ortho intramolecular Hbond substituents is 2. The summed E-state index contributed by atoms with van der Waals surface area (Å²) in [4.78, 5) is 0. The number of thiophene rings is 1. The van der Waals surface area contributed by atoms with E-state index in [9.17, 15) is 10.2 Å². The highest BCUT2D eigenvalue weighted by atomic mass is 32.1. The average molecular weight is 210 g/mol. The Morgan fingerprint density at radius 2 is 1.93 bits per heavy atom. The number of hydrogen-bond acceptors (Lipinski definition) is 4. The summed E-state index contributed by atoms with van der Waals surface area (Å²) in [6.45, 7) is 2.53. The summed E-state index contributed by atoms with van der Waals surface area (Å²) in [6, 6.07) is 4.92. The molecule has 0 radical (unpaired) electrons. The molecule has 0 spiro atoms. The molecule has 74 valence electrons. The molecule has 0 saturated carbocycles. The molecule has 0 aliphatic rings. The fourth-order valence-corrected chi connectivity index (χ4v) is 2.24. The van der Waals surface area contributed by atoms with E-state index in [1.54, 1.807) is 0 Å². The maximum Gasteiger partial charge on any atom is 0.174 e. The van der Waals surface area contributed by atoms with Crippen molar-refractivity contribution in [3.05, 3.63) is 18.2 Å². The van der Waals surface area contributed by atoms with Gasteiger partial charge in [-0.25, -0.2) is 0 Å². The molecule has 0 atom stereocenters. The third-order valence-electron chi connectivity index (χ3n) is 1.88. The van der Waals surface area contributed by atoms with Crippen molar-refractivity contribution in [1.29, 1.82) is 0 Å². The summed E-state index contributed by atoms with van der Waals surface area (Å²) in [7, 11) is 0. The summed E-state index contributed by atoms with van der Waals surface area (Å²) in [5, 5.41) is 20.2. The van der Waals surface area contributed by atoms with Crippen LogP contribution in [0.4, 0.5) is 0 Å². The minimum atomic E-state index is -0.0988. The van der Waals surface area contributed by atoms with Gasteiger partial charge in [-0.2, -0.15) is 0 Å². The number of benzene rings is 1. The first-order chi connectivity index (χ1) is 6.70. The van der Waals surface area contributed by atoms with E-state index in [0.29, 0.717) is 6.61 Å². The number of ether oxygens (including phenoxy) is 1. The van der Waals surface area contributed by atoms with Crippen LogP contribution in [0.5, 0.6) is 16.6 Å². The SMILES string of the molecule is CCOc1cc2cc(O)c(O)cc2s1. The molecule has 1 aromatic heterocycles. The summed E-state index contributed by atoms with van der Waals surface area (Å²) in [6.07, 6.45) is 0. The Balaban J connectivity index is 2.54. The molecule has 2 rings (SSSR count). The molecular formula is C10H10O3S. The van der Waals surface area contributed by atoms with Gasteiger partial charge < -0.3 is 14.9 Å². The molecule has 14 heavy (non-hydrogen) atoms. The Morgan fingerprint density at radius 1 is 1.21 bits per heavy atom. The number of rotatable bonds is 2. The van der Waals surface area contributed by atoms with Crippen molar-refractivity contribution in [1.82, 2.24) is 0 Å². The number of fused-ring (bicyclic) bond motifs is 1. The second kappa shape index (κ2) is 3.38. The van der Waals surface area contributed by atoms with Gasteiger partial charge in [-0.3, -0.25) is 0 Å².